The van der Waals surface area contributed by atoms with E-state index in [1.165, 1.54) is 7.11 Å². The van der Waals surface area contributed by atoms with Gasteiger partial charge in [-0.15, -0.1) is 5.10 Å². The van der Waals surface area contributed by atoms with E-state index < -0.39 is 17.2 Å². The fraction of sp³-hybridized carbons (Fsp3) is 0.100. The zero-order chi connectivity index (χ0) is 12.4. The number of H-pyrrole nitrogens is 1. The van der Waals surface area contributed by atoms with Crippen LogP contribution in [0.15, 0.2) is 29.1 Å². The van der Waals surface area contributed by atoms with Crippen LogP contribution in [0.3, 0.4) is 0 Å². The molecule has 0 unspecified atom stereocenters. The average molecular weight is 235 g/mol. The van der Waals surface area contributed by atoms with Gasteiger partial charge in [-0.3, -0.25) is 4.79 Å². The Morgan fingerprint density at radius 3 is 2.88 bits per heavy atom. The standard InChI is InChI=1S/C10H9N3O4/c1-17-7-4-2-3-6(5-7)13-9(14)8(10(15)16)11-12-13/h2-5,12H,1H3,(H,15,16). The first kappa shape index (κ1) is 10.9. The maximum absolute atomic E-state index is 11.7. The highest BCUT2D eigenvalue weighted by atomic mass is 16.5. The lowest BCUT2D eigenvalue weighted by atomic mass is 10.3. The van der Waals surface area contributed by atoms with E-state index in [4.69, 9.17) is 9.84 Å². The molecule has 0 aliphatic rings. The minimum absolute atomic E-state index is 0.453. The smallest absolute Gasteiger partial charge is 0.362 e. The first-order valence-electron chi connectivity index (χ1n) is 4.68. The van der Waals surface area contributed by atoms with Crippen molar-refractivity contribution in [3.63, 3.8) is 0 Å². The minimum Gasteiger partial charge on any atom is -0.497 e. The summed E-state index contributed by atoms with van der Waals surface area (Å²) >= 11 is 0. The van der Waals surface area contributed by atoms with Gasteiger partial charge in [0.25, 0.3) is 0 Å². The van der Waals surface area contributed by atoms with Crippen LogP contribution in [0.5, 0.6) is 5.75 Å². The van der Waals surface area contributed by atoms with Gasteiger partial charge >= 0.3 is 11.5 Å². The molecule has 7 nitrogen and oxygen atoms in total. The summed E-state index contributed by atoms with van der Waals surface area (Å²) in [6.45, 7) is 0. The first-order valence-corrected chi connectivity index (χ1v) is 4.68. The lowest BCUT2D eigenvalue weighted by Gasteiger charge is -2.03. The molecule has 0 spiro atoms. The largest absolute Gasteiger partial charge is 0.497 e. The Bertz CT molecular complexity index is 614. The van der Waals surface area contributed by atoms with E-state index in [1.54, 1.807) is 24.3 Å². The van der Waals surface area contributed by atoms with Crippen LogP contribution in [-0.2, 0) is 0 Å². The number of aromatic nitrogens is 3. The van der Waals surface area contributed by atoms with Crippen molar-refractivity contribution >= 4 is 5.97 Å². The molecule has 0 aliphatic heterocycles. The van der Waals surface area contributed by atoms with E-state index in [0.29, 0.717) is 11.4 Å². The van der Waals surface area contributed by atoms with Crippen LogP contribution in [0.2, 0.25) is 0 Å². The van der Waals surface area contributed by atoms with Gasteiger partial charge in [-0.1, -0.05) is 6.07 Å². The van der Waals surface area contributed by atoms with Crippen LogP contribution in [-0.4, -0.2) is 33.2 Å². The molecule has 0 fully saturated rings. The van der Waals surface area contributed by atoms with Gasteiger partial charge in [-0.2, -0.15) is 0 Å². The summed E-state index contributed by atoms with van der Waals surface area (Å²) in [4.78, 5) is 22.3. The lowest BCUT2D eigenvalue weighted by Crippen LogP contribution is -2.20. The summed E-state index contributed by atoms with van der Waals surface area (Å²) in [5.74, 6) is -0.811. The highest BCUT2D eigenvalue weighted by Crippen LogP contribution is 2.14. The third-order valence-electron chi connectivity index (χ3n) is 2.18. The Kier molecular flexibility index (Phi) is 2.65. The molecule has 2 N–H and O–H groups in total. The van der Waals surface area contributed by atoms with Crippen LogP contribution in [0, 0.1) is 0 Å². The number of nitrogens with one attached hydrogen (secondary N) is 1. The van der Waals surface area contributed by atoms with Crippen molar-refractivity contribution in [1.82, 2.24) is 15.0 Å². The molecule has 1 aromatic heterocycles. The second-order valence-electron chi connectivity index (χ2n) is 3.21. The molecule has 0 bridgehead atoms. The van der Waals surface area contributed by atoms with Gasteiger partial charge in [0, 0.05) is 6.07 Å². The van der Waals surface area contributed by atoms with Gasteiger partial charge in [-0.05, 0) is 12.1 Å². The predicted molar refractivity (Wildman–Crippen MR) is 57.7 cm³/mol. The number of carboxylic acids is 1. The number of methoxy groups -OCH3 is 1. The third-order valence-corrected chi connectivity index (χ3v) is 2.18. The summed E-state index contributed by atoms with van der Waals surface area (Å²) in [6.07, 6.45) is 0. The maximum atomic E-state index is 11.7. The number of hydrogen-bond acceptors (Lipinski definition) is 4. The number of aromatic amines is 1. The van der Waals surface area contributed by atoms with E-state index in [0.717, 1.165) is 4.68 Å². The van der Waals surface area contributed by atoms with E-state index in [9.17, 15) is 9.59 Å². The number of rotatable bonds is 3. The number of benzene rings is 1. The molecule has 0 radical (unpaired) electrons. The van der Waals surface area contributed by atoms with Crippen molar-refractivity contribution < 1.29 is 14.6 Å². The number of carbonyl (C=O) groups is 1. The van der Waals surface area contributed by atoms with Crippen molar-refractivity contribution in [2.45, 2.75) is 0 Å². The van der Waals surface area contributed by atoms with E-state index in [2.05, 4.69) is 10.3 Å². The van der Waals surface area contributed by atoms with Crippen LogP contribution >= 0.6 is 0 Å². The second-order valence-corrected chi connectivity index (χ2v) is 3.21. The Morgan fingerprint density at radius 2 is 2.29 bits per heavy atom. The maximum Gasteiger partial charge on any atom is 0.362 e. The molecule has 17 heavy (non-hydrogen) atoms. The fourth-order valence-electron chi connectivity index (χ4n) is 1.36. The molecular weight excluding hydrogens is 226 g/mol. The number of nitrogens with zero attached hydrogens (tertiary/aromatic N) is 2. The lowest BCUT2D eigenvalue weighted by molar-refractivity contribution is 0.0689. The molecule has 2 rings (SSSR count). The van der Waals surface area contributed by atoms with Crippen molar-refractivity contribution in [3.8, 4) is 11.4 Å². The van der Waals surface area contributed by atoms with Gasteiger partial charge in [0.15, 0.2) is 0 Å². The summed E-state index contributed by atoms with van der Waals surface area (Å²) < 4.78 is 6.04. The van der Waals surface area contributed by atoms with Crippen molar-refractivity contribution in [2.24, 2.45) is 0 Å². The van der Waals surface area contributed by atoms with Gasteiger partial charge in [0.1, 0.15) is 5.75 Å². The van der Waals surface area contributed by atoms with Crippen LogP contribution in [0.1, 0.15) is 10.5 Å². The number of ether oxygens (including phenoxy) is 1. The number of carboxylic acid groups (broad SMARTS) is 1. The summed E-state index contributed by atoms with van der Waals surface area (Å²) in [6, 6.07) is 6.61. The van der Waals surface area contributed by atoms with Crippen LogP contribution in [0.4, 0.5) is 0 Å². The second kappa shape index (κ2) is 4.12. The molecule has 1 heterocycles. The highest BCUT2D eigenvalue weighted by Gasteiger charge is 2.16. The van der Waals surface area contributed by atoms with E-state index in [1.807, 2.05) is 0 Å². The van der Waals surface area contributed by atoms with Crippen molar-refractivity contribution in [1.29, 1.82) is 0 Å². The quantitative estimate of drug-likeness (QED) is 0.795. The predicted octanol–water partition coefficient (Wildman–Crippen LogP) is 0.267. The van der Waals surface area contributed by atoms with Gasteiger partial charge < -0.3 is 9.84 Å². The zero-order valence-corrected chi connectivity index (χ0v) is 8.88. The molecule has 0 aliphatic carbocycles. The van der Waals surface area contributed by atoms with Crippen molar-refractivity contribution in [2.75, 3.05) is 7.11 Å². The average Bonchev–Trinajstić information content (AvgIpc) is 2.71. The zero-order valence-electron chi connectivity index (χ0n) is 8.88. The van der Waals surface area contributed by atoms with Gasteiger partial charge in [-0.25, -0.2) is 14.7 Å². The Hall–Kier alpha value is -2.57. The molecule has 0 saturated carbocycles. The van der Waals surface area contributed by atoms with Gasteiger partial charge in [0.2, 0.25) is 5.69 Å². The van der Waals surface area contributed by atoms with E-state index in [-0.39, 0.29) is 0 Å². The van der Waals surface area contributed by atoms with Crippen molar-refractivity contribution in [3.05, 3.63) is 40.3 Å². The van der Waals surface area contributed by atoms with Crippen LogP contribution < -0.4 is 10.3 Å². The minimum atomic E-state index is -1.37. The third kappa shape index (κ3) is 1.89. The molecule has 0 saturated heterocycles. The number of aromatic carboxylic acids is 1. The topological polar surface area (TPSA) is 97.2 Å². The molecule has 0 atom stereocenters. The molecule has 2 aromatic rings. The number of hydrogen-bond donors (Lipinski definition) is 2. The monoisotopic (exact) mass is 235 g/mol. The molecule has 0 amide bonds. The summed E-state index contributed by atoms with van der Waals surface area (Å²) in [7, 11) is 1.50. The fourth-order valence-corrected chi connectivity index (χ4v) is 1.36. The molecular formula is C10H9N3O4. The Labute approximate surface area is 95.2 Å². The summed E-state index contributed by atoms with van der Waals surface area (Å²) in [5, 5.41) is 14.5. The summed E-state index contributed by atoms with van der Waals surface area (Å²) in [5.41, 5.74) is -0.812. The SMILES string of the molecule is COc1cccc(-n2[nH]nc(C(=O)O)c2=O)c1. The Balaban J connectivity index is 2.53. The molecule has 7 heteroatoms. The molecule has 1 aromatic carbocycles. The van der Waals surface area contributed by atoms with Crippen LogP contribution in [0.25, 0.3) is 5.69 Å². The molecule has 88 valence electrons. The van der Waals surface area contributed by atoms with E-state index >= 15 is 0 Å². The normalized spacial score (nSPS) is 10.2. The van der Waals surface area contributed by atoms with Gasteiger partial charge in [0.05, 0.1) is 12.8 Å². The highest BCUT2D eigenvalue weighted by molar-refractivity contribution is 5.84. The first-order chi connectivity index (χ1) is 8.13. The Morgan fingerprint density at radius 1 is 1.53 bits per heavy atom.